The lowest BCUT2D eigenvalue weighted by Gasteiger charge is -2.41. The molecule has 2 fully saturated rings. The highest BCUT2D eigenvalue weighted by Crippen LogP contribution is 2.38. The van der Waals surface area contributed by atoms with Gasteiger partial charge in [0, 0.05) is 13.0 Å². The molecule has 74 valence electrons. The summed E-state index contributed by atoms with van der Waals surface area (Å²) in [4.78, 5) is 11.8. The lowest BCUT2D eigenvalue weighted by atomic mass is 9.74. The van der Waals surface area contributed by atoms with Crippen LogP contribution in [0.4, 0.5) is 0 Å². The molecule has 2 atom stereocenters. The van der Waals surface area contributed by atoms with Gasteiger partial charge in [0.05, 0.1) is 0 Å². The van der Waals surface area contributed by atoms with E-state index >= 15 is 0 Å². The predicted octanol–water partition coefficient (Wildman–Crippen LogP) is 2.31. The van der Waals surface area contributed by atoms with Crippen molar-refractivity contribution in [2.45, 2.75) is 51.0 Å². The Bertz CT molecular complexity index is 204. The summed E-state index contributed by atoms with van der Waals surface area (Å²) in [5.41, 5.74) is -0.351. The van der Waals surface area contributed by atoms with Crippen LogP contribution in [-0.2, 0) is 9.53 Å². The molecule has 13 heavy (non-hydrogen) atoms. The first-order valence-electron chi connectivity index (χ1n) is 5.40. The lowest BCUT2D eigenvalue weighted by molar-refractivity contribution is -0.159. The second kappa shape index (κ2) is 3.41. The van der Waals surface area contributed by atoms with Gasteiger partial charge in [-0.2, -0.15) is 0 Å². The minimum absolute atomic E-state index is 0.351. The van der Waals surface area contributed by atoms with Crippen LogP contribution in [0.5, 0.6) is 0 Å². The summed E-state index contributed by atoms with van der Waals surface area (Å²) in [7, 11) is 0. The van der Waals surface area contributed by atoms with E-state index in [1.165, 1.54) is 6.42 Å². The molecular formula is C11H18O2. The van der Waals surface area contributed by atoms with Crippen molar-refractivity contribution in [3.63, 3.8) is 0 Å². The van der Waals surface area contributed by atoms with E-state index in [2.05, 4.69) is 6.92 Å². The van der Waals surface area contributed by atoms with Crippen molar-refractivity contribution in [1.29, 1.82) is 0 Å². The number of carbonyl (C=O) groups is 1. The van der Waals surface area contributed by atoms with Gasteiger partial charge in [0.2, 0.25) is 0 Å². The van der Waals surface area contributed by atoms with Crippen LogP contribution in [0.1, 0.15) is 45.4 Å². The highest BCUT2D eigenvalue weighted by atomic mass is 16.5. The molecule has 0 N–H and O–H groups in total. The molecule has 1 heterocycles. The van der Waals surface area contributed by atoms with Gasteiger partial charge in [-0.05, 0) is 38.0 Å². The minimum atomic E-state index is -0.351. The Morgan fingerprint density at radius 1 is 1.46 bits per heavy atom. The number of hydrogen-bond acceptors (Lipinski definition) is 2. The molecule has 0 aromatic carbocycles. The normalized spacial score (nSPS) is 41.0. The highest BCUT2D eigenvalue weighted by molar-refractivity contribution is 5.88. The predicted molar refractivity (Wildman–Crippen MR) is 50.6 cm³/mol. The molecule has 0 bridgehead atoms. The summed E-state index contributed by atoms with van der Waals surface area (Å²) in [6.07, 6.45) is 6.02. The van der Waals surface area contributed by atoms with E-state index in [9.17, 15) is 4.79 Å². The molecule has 1 aliphatic carbocycles. The van der Waals surface area contributed by atoms with Crippen molar-refractivity contribution < 1.29 is 9.53 Å². The maximum absolute atomic E-state index is 11.8. The first-order valence-corrected chi connectivity index (χ1v) is 5.40. The monoisotopic (exact) mass is 182 g/mol. The van der Waals surface area contributed by atoms with Crippen molar-refractivity contribution in [2.75, 3.05) is 6.61 Å². The minimum Gasteiger partial charge on any atom is -0.367 e. The van der Waals surface area contributed by atoms with E-state index in [1.807, 2.05) is 0 Å². The van der Waals surface area contributed by atoms with E-state index in [-0.39, 0.29) is 5.60 Å². The molecule has 2 heteroatoms. The average Bonchev–Trinajstić information content (AvgIpc) is 2.14. The van der Waals surface area contributed by atoms with Gasteiger partial charge in [-0.1, -0.05) is 6.92 Å². The fourth-order valence-corrected chi connectivity index (χ4v) is 2.62. The first-order chi connectivity index (χ1) is 6.23. The molecule has 1 saturated carbocycles. The summed E-state index contributed by atoms with van der Waals surface area (Å²) in [6.45, 7) is 3.02. The van der Waals surface area contributed by atoms with Crippen molar-refractivity contribution in [3.05, 3.63) is 0 Å². The zero-order chi connectivity index (χ0) is 9.31. The Kier molecular flexibility index (Phi) is 2.41. The average molecular weight is 182 g/mol. The molecule has 1 aliphatic heterocycles. The number of rotatable bonds is 0. The fourth-order valence-electron chi connectivity index (χ4n) is 2.62. The Labute approximate surface area is 79.7 Å². The van der Waals surface area contributed by atoms with Gasteiger partial charge in [0.1, 0.15) is 5.60 Å². The second-order valence-electron chi connectivity index (χ2n) is 4.57. The highest BCUT2D eigenvalue weighted by Gasteiger charge is 2.43. The van der Waals surface area contributed by atoms with Gasteiger partial charge in [-0.3, -0.25) is 4.79 Å². The molecule has 1 spiro atoms. The smallest absolute Gasteiger partial charge is 0.164 e. The topological polar surface area (TPSA) is 26.3 Å². The molecule has 0 aromatic heterocycles. The molecule has 0 amide bonds. The Morgan fingerprint density at radius 2 is 2.31 bits per heavy atom. The summed E-state index contributed by atoms with van der Waals surface area (Å²) < 4.78 is 5.74. The van der Waals surface area contributed by atoms with E-state index in [4.69, 9.17) is 4.74 Å². The quantitative estimate of drug-likeness (QED) is 0.574. The largest absolute Gasteiger partial charge is 0.367 e. The van der Waals surface area contributed by atoms with Crippen LogP contribution in [-0.4, -0.2) is 18.0 Å². The molecule has 2 unspecified atom stereocenters. The van der Waals surface area contributed by atoms with Crippen LogP contribution in [0.3, 0.4) is 0 Å². The zero-order valence-electron chi connectivity index (χ0n) is 8.34. The molecule has 1 saturated heterocycles. The van der Waals surface area contributed by atoms with Gasteiger partial charge in [0.15, 0.2) is 5.78 Å². The van der Waals surface area contributed by atoms with Gasteiger partial charge >= 0.3 is 0 Å². The molecular weight excluding hydrogens is 164 g/mol. The number of ether oxygens (including phenoxy) is 1. The maximum atomic E-state index is 11.8. The SMILES string of the molecule is CC1CCC(=O)C2(CCCCO2)C1. The summed E-state index contributed by atoms with van der Waals surface area (Å²) in [5, 5.41) is 0. The molecule has 2 rings (SSSR count). The van der Waals surface area contributed by atoms with Gasteiger partial charge in [0.25, 0.3) is 0 Å². The van der Waals surface area contributed by atoms with E-state index < -0.39 is 0 Å². The number of Topliss-reactive ketones (excluding diaryl/α,β-unsaturated/α-hetero) is 1. The van der Waals surface area contributed by atoms with Crippen molar-refractivity contribution in [1.82, 2.24) is 0 Å². The van der Waals surface area contributed by atoms with E-state index in [0.29, 0.717) is 11.7 Å². The Balaban J connectivity index is 2.11. The van der Waals surface area contributed by atoms with Crippen molar-refractivity contribution >= 4 is 5.78 Å². The van der Waals surface area contributed by atoms with Crippen LogP contribution in [0.25, 0.3) is 0 Å². The first kappa shape index (κ1) is 9.20. The summed E-state index contributed by atoms with van der Waals surface area (Å²) in [5.74, 6) is 1.03. The molecule has 0 radical (unpaired) electrons. The molecule has 2 nitrogen and oxygen atoms in total. The van der Waals surface area contributed by atoms with Crippen LogP contribution in [0.2, 0.25) is 0 Å². The standard InChI is InChI=1S/C11H18O2/c1-9-4-5-10(12)11(8-9)6-2-3-7-13-11/h9H,2-8H2,1H3. The number of carbonyl (C=O) groups excluding carboxylic acids is 1. The number of hydrogen-bond donors (Lipinski definition) is 0. The van der Waals surface area contributed by atoms with Gasteiger partial charge in [-0.25, -0.2) is 0 Å². The van der Waals surface area contributed by atoms with E-state index in [1.54, 1.807) is 0 Å². The number of ketones is 1. The third-order valence-corrected chi connectivity index (χ3v) is 3.40. The fraction of sp³-hybridized carbons (Fsp3) is 0.909. The van der Waals surface area contributed by atoms with E-state index in [0.717, 1.165) is 38.7 Å². The molecule has 2 aliphatic rings. The zero-order valence-corrected chi connectivity index (χ0v) is 8.34. The van der Waals surface area contributed by atoms with Crippen LogP contribution >= 0.6 is 0 Å². The summed E-state index contributed by atoms with van der Waals surface area (Å²) in [6, 6.07) is 0. The van der Waals surface area contributed by atoms with Crippen molar-refractivity contribution in [2.24, 2.45) is 5.92 Å². The van der Waals surface area contributed by atoms with Gasteiger partial charge in [-0.15, -0.1) is 0 Å². The second-order valence-corrected chi connectivity index (χ2v) is 4.57. The lowest BCUT2D eigenvalue weighted by Crippen LogP contribution is -2.48. The van der Waals surface area contributed by atoms with Crippen LogP contribution < -0.4 is 0 Å². The van der Waals surface area contributed by atoms with Gasteiger partial charge < -0.3 is 4.74 Å². The maximum Gasteiger partial charge on any atom is 0.164 e. The van der Waals surface area contributed by atoms with Crippen molar-refractivity contribution in [3.8, 4) is 0 Å². The molecule has 0 aromatic rings. The third-order valence-electron chi connectivity index (χ3n) is 3.40. The third kappa shape index (κ3) is 1.64. The Morgan fingerprint density at radius 3 is 3.00 bits per heavy atom. The summed E-state index contributed by atoms with van der Waals surface area (Å²) >= 11 is 0. The van der Waals surface area contributed by atoms with Crippen LogP contribution in [0.15, 0.2) is 0 Å². The Hall–Kier alpha value is -0.370. The van der Waals surface area contributed by atoms with Crippen LogP contribution in [0, 0.1) is 5.92 Å².